The molecule has 1 aliphatic carbocycles. The van der Waals surface area contributed by atoms with Gasteiger partial charge in [-0.1, -0.05) is 67.8 Å². The maximum Gasteiger partial charge on any atom is 0.243 e. The minimum Gasteiger partial charge on any atom is -0.489 e. The number of carbonyl (C=O) groups is 2. The quantitative estimate of drug-likeness (QED) is 0.301. The van der Waals surface area contributed by atoms with Gasteiger partial charge in [0.05, 0.1) is 6.04 Å². The number of amides is 2. The third-order valence-electron chi connectivity index (χ3n) is 7.84. The Labute approximate surface area is 251 Å². The molecule has 1 fully saturated rings. The summed E-state index contributed by atoms with van der Waals surface area (Å²) in [5.74, 6) is 0.428. The lowest BCUT2D eigenvalue weighted by Crippen LogP contribution is -2.58. The van der Waals surface area contributed by atoms with E-state index in [0.717, 1.165) is 35.3 Å². The smallest absolute Gasteiger partial charge is 0.243 e. The van der Waals surface area contributed by atoms with Crippen LogP contribution >= 0.6 is 0 Å². The van der Waals surface area contributed by atoms with Crippen molar-refractivity contribution < 1.29 is 14.3 Å². The predicted molar refractivity (Wildman–Crippen MR) is 167 cm³/mol. The van der Waals surface area contributed by atoms with E-state index >= 15 is 0 Å². The molecule has 0 aliphatic heterocycles. The normalized spacial score (nSPS) is 15.5. The maximum absolute atomic E-state index is 14.0. The SMILES string of the molecule is CN(C1CCCCC1)C(Cc1cccnc1)C(=O)NC(Cc1ccc(OCc2ccccc2)cc1)C(=O)NC(C)(C)C. The van der Waals surface area contributed by atoms with Crippen LogP contribution in [0.3, 0.4) is 0 Å². The fourth-order valence-corrected chi connectivity index (χ4v) is 5.54. The summed E-state index contributed by atoms with van der Waals surface area (Å²) in [6.07, 6.45) is 10.2. The highest BCUT2D eigenvalue weighted by molar-refractivity contribution is 5.90. The maximum atomic E-state index is 14.0. The molecule has 4 rings (SSSR count). The summed E-state index contributed by atoms with van der Waals surface area (Å²) in [5.41, 5.74) is 2.62. The molecule has 2 atom stereocenters. The Morgan fingerprint density at radius 2 is 1.57 bits per heavy atom. The number of likely N-dealkylation sites (N-methyl/N-ethyl adjacent to an activating group) is 1. The van der Waals surface area contributed by atoms with Gasteiger partial charge in [-0.2, -0.15) is 0 Å². The largest absolute Gasteiger partial charge is 0.489 e. The van der Waals surface area contributed by atoms with Gasteiger partial charge < -0.3 is 15.4 Å². The summed E-state index contributed by atoms with van der Waals surface area (Å²) >= 11 is 0. The molecular formula is C35H46N4O3. The molecule has 7 nitrogen and oxygen atoms in total. The Morgan fingerprint density at radius 3 is 2.21 bits per heavy atom. The molecule has 42 heavy (non-hydrogen) atoms. The lowest BCUT2D eigenvalue weighted by atomic mass is 9.92. The summed E-state index contributed by atoms with van der Waals surface area (Å²) in [6.45, 7) is 6.33. The van der Waals surface area contributed by atoms with Gasteiger partial charge in [0.15, 0.2) is 0 Å². The highest BCUT2D eigenvalue weighted by Crippen LogP contribution is 2.24. The van der Waals surface area contributed by atoms with Gasteiger partial charge in [-0.15, -0.1) is 0 Å². The van der Waals surface area contributed by atoms with E-state index in [1.54, 1.807) is 6.20 Å². The van der Waals surface area contributed by atoms with Crippen molar-refractivity contribution in [1.82, 2.24) is 20.5 Å². The van der Waals surface area contributed by atoms with E-state index in [1.807, 2.05) is 93.7 Å². The Morgan fingerprint density at radius 1 is 0.881 bits per heavy atom. The summed E-state index contributed by atoms with van der Waals surface area (Å²) in [7, 11) is 2.05. The topological polar surface area (TPSA) is 83.6 Å². The molecule has 2 aromatic carbocycles. The molecule has 1 saturated carbocycles. The second kappa shape index (κ2) is 15.0. The second-order valence-electron chi connectivity index (χ2n) is 12.5. The highest BCUT2D eigenvalue weighted by Gasteiger charge is 2.33. The van der Waals surface area contributed by atoms with Gasteiger partial charge in [-0.05, 0) is 82.0 Å². The van der Waals surface area contributed by atoms with Crippen LogP contribution in [0.25, 0.3) is 0 Å². The van der Waals surface area contributed by atoms with Crippen molar-refractivity contribution in [1.29, 1.82) is 0 Å². The van der Waals surface area contributed by atoms with Crippen LogP contribution < -0.4 is 15.4 Å². The summed E-state index contributed by atoms with van der Waals surface area (Å²) in [4.78, 5) is 34.0. The van der Waals surface area contributed by atoms with Crippen molar-refractivity contribution in [3.05, 3.63) is 95.8 Å². The van der Waals surface area contributed by atoms with Gasteiger partial charge in [-0.3, -0.25) is 19.5 Å². The van der Waals surface area contributed by atoms with E-state index in [-0.39, 0.29) is 11.8 Å². The molecule has 0 bridgehead atoms. The average molecular weight is 571 g/mol. The van der Waals surface area contributed by atoms with Crippen LogP contribution in [0.1, 0.15) is 69.6 Å². The minimum atomic E-state index is -0.719. The van der Waals surface area contributed by atoms with Crippen molar-refractivity contribution in [3.63, 3.8) is 0 Å². The van der Waals surface area contributed by atoms with Crippen molar-refractivity contribution in [2.24, 2.45) is 0 Å². The third-order valence-corrected chi connectivity index (χ3v) is 7.84. The molecule has 3 aromatic rings. The Kier molecular flexibility index (Phi) is 11.1. The minimum absolute atomic E-state index is 0.135. The van der Waals surface area contributed by atoms with Crippen molar-refractivity contribution in [2.45, 2.75) is 96.0 Å². The van der Waals surface area contributed by atoms with Crippen molar-refractivity contribution in [2.75, 3.05) is 7.05 Å². The van der Waals surface area contributed by atoms with Gasteiger partial charge in [0, 0.05) is 30.4 Å². The number of pyridine rings is 1. The molecular weight excluding hydrogens is 524 g/mol. The number of hydrogen-bond donors (Lipinski definition) is 2. The van der Waals surface area contributed by atoms with Gasteiger partial charge in [0.1, 0.15) is 18.4 Å². The van der Waals surface area contributed by atoms with Gasteiger partial charge in [-0.25, -0.2) is 0 Å². The highest BCUT2D eigenvalue weighted by atomic mass is 16.5. The van der Waals surface area contributed by atoms with E-state index in [4.69, 9.17) is 4.74 Å². The van der Waals surface area contributed by atoms with Crippen LogP contribution in [-0.2, 0) is 29.0 Å². The van der Waals surface area contributed by atoms with Gasteiger partial charge in [0.25, 0.3) is 0 Å². The molecule has 2 unspecified atom stereocenters. The number of carbonyl (C=O) groups excluding carboxylic acids is 2. The van der Waals surface area contributed by atoms with Crippen LogP contribution in [0.5, 0.6) is 5.75 Å². The number of ether oxygens (including phenoxy) is 1. The molecule has 224 valence electrons. The van der Waals surface area contributed by atoms with E-state index in [2.05, 4.69) is 27.6 Å². The van der Waals surface area contributed by atoms with Gasteiger partial charge in [0.2, 0.25) is 11.8 Å². The Bertz CT molecular complexity index is 1250. The van der Waals surface area contributed by atoms with Crippen LogP contribution in [0.4, 0.5) is 0 Å². The first-order chi connectivity index (χ1) is 20.2. The average Bonchev–Trinajstić information content (AvgIpc) is 2.99. The van der Waals surface area contributed by atoms with Crippen molar-refractivity contribution in [3.8, 4) is 5.75 Å². The summed E-state index contributed by atoms with van der Waals surface area (Å²) in [6, 6.07) is 20.9. The van der Waals surface area contributed by atoms with Crippen LogP contribution in [0.15, 0.2) is 79.1 Å². The predicted octanol–water partition coefficient (Wildman–Crippen LogP) is 5.48. The molecule has 0 saturated heterocycles. The monoisotopic (exact) mass is 570 g/mol. The first-order valence-corrected chi connectivity index (χ1v) is 15.2. The molecule has 1 heterocycles. The molecule has 1 aliphatic rings. The zero-order valence-corrected chi connectivity index (χ0v) is 25.5. The second-order valence-corrected chi connectivity index (χ2v) is 12.5. The number of hydrogen-bond acceptors (Lipinski definition) is 5. The first-order valence-electron chi connectivity index (χ1n) is 15.2. The number of benzene rings is 2. The fraction of sp³-hybridized carbons (Fsp3) is 0.457. The van der Waals surface area contributed by atoms with Gasteiger partial charge >= 0.3 is 0 Å². The van der Waals surface area contributed by atoms with E-state index in [0.29, 0.717) is 25.5 Å². The summed E-state index contributed by atoms with van der Waals surface area (Å²) in [5, 5.41) is 6.22. The first kappa shape index (κ1) is 31.2. The molecule has 0 radical (unpaired) electrons. The zero-order valence-electron chi connectivity index (χ0n) is 25.5. The van der Waals surface area contributed by atoms with E-state index in [9.17, 15) is 9.59 Å². The van der Waals surface area contributed by atoms with Crippen LogP contribution in [0.2, 0.25) is 0 Å². The number of rotatable bonds is 12. The molecule has 2 amide bonds. The fourth-order valence-electron chi connectivity index (χ4n) is 5.54. The van der Waals surface area contributed by atoms with Crippen LogP contribution in [0, 0.1) is 0 Å². The van der Waals surface area contributed by atoms with Crippen molar-refractivity contribution >= 4 is 11.8 Å². The number of nitrogens with one attached hydrogen (secondary N) is 2. The van der Waals surface area contributed by atoms with Crippen LogP contribution in [-0.4, -0.2) is 52.4 Å². The molecule has 7 heteroatoms. The Hall–Kier alpha value is -3.71. The third kappa shape index (κ3) is 9.69. The standard InChI is InChI=1S/C35H46N4O3/c1-35(2,3)38-33(40)31(22-26-17-19-30(20-18-26)42-25-27-12-7-5-8-13-27)37-34(41)32(23-28-14-11-21-36-24-28)39(4)29-15-9-6-10-16-29/h5,7-8,11-14,17-21,24,29,31-32H,6,9-10,15-16,22-23,25H2,1-4H3,(H,37,41)(H,38,40). The lowest BCUT2D eigenvalue weighted by molar-refractivity contribution is -0.133. The number of aromatic nitrogens is 1. The zero-order chi connectivity index (χ0) is 30.0. The van der Waals surface area contributed by atoms with E-state index < -0.39 is 17.6 Å². The summed E-state index contributed by atoms with van der Waals surface area (Å²) < 4.78 is 5.94. The molecule has 2 N–H and O–H groups in total. The van der Waals surface area contributed by atoms with E-state index in [1.165, 1.54) is 19.3 Å². The molecule has 1 aromatic heterocycles. The number of nitrogens with zero attached hydrogens (tertiary/aromatic N) is 2. The Balaban J connectivity index is 1.49. The molecule has 0 spiro atoms. The lowest BCUT2D eigenvalue weighted by Gasteiger charge is -2.37.